The van der Waals surface area contributed by atoms with Crippen molar-refractivity contribution in [1.29, 1.82) is 0 Å². The number of para-hydroxylation sites is 2. The number of ether oxygens (including phenoxy) is 6. The number of benzene rings is 3. The average molecular weight is 1170 g/mol. The normalized spacial score (nSPS) is 35.7. The molecule has 0 bridgehead atoms. The van der Waals surface area contributed by atoms with Crippen LogP contribution in [0.3, 0.4) is 0 Å². The van der Waals surface area contributed by atoms with Gasteiger partial charge in [-0.15, -0.1) is 11.3 Å². The minimum absolute atomic E-state index is 0.0835. The van der Waals surface area contributed by atoms with E-state index in [2.05, 4.69) is 5.32 Å². The molecule has 4 aliphatic heterocycles. The number of esters is 1. The minimum atomic E-state index is -1.97. The van der Waals surface area contributed by atoms with Gasteiger partial charge in [0, 0.05) is 78.3 Å². The predicted octanol–water partition coefficient (Wildman–Crippen LogP) is 7.78. The summed E-state index contributed by atoms with van der Waals surface area (Å²) in [7, 11) is 5.25. The maximum absolute atomic E-state index is 14.7. The molecule has 2 amide bonds. The third-order valence-corrected chi connectivity index (χ3v) is 19.1. The van der Waals surface area contributed by atoms with Crippen LogP contribution in [0.2, 0.25) is 0 Å². The summed E-state index contributed by atoms with van der Waals surface area (Å²) in [6.07, 6.45) is -8.98. The Morgan fingerprint density at radius 1 is 0.831 bits per heavy atom. The average Bonchev–Trinajstić information content (AvgIpc) is 2.19. The first-order valence-electron chi connectivity index (χ1n) is 29.5. The van der Waals surface area contributed by atoms with Gasteiger partial charge in [0.25, 0.3) is 11.8 Å². The van der Waals surface area contributed by atoms with Gasteiger partial charge >= 0.3 is 5.97 Å². The van der Waals surface area contributed by atoms with Gasteiger partial charge < -0.3 is 64.2 Å². The van der Waals surface area contributed by atoms with E-state index in [0.29, 0.717) is 47.7 Å². The lowest BCUT2D eigenvalue weighted by Gasteiger charge is -2.48. The van der Waals surface area contributed by atoms with Crippen LogP contribution in [0.15, 0.2) is 84.9 Å². The Balaban J connectivity index is 1.07. The number of carbonyl (C=O) groups excluding carboxylic acids is 3. The first-order valence-corrected chi connectivity index (χ1v) is 30.3. The maximum Gasteiger partial charge on any atom is 0.311 e. The van der Waals surface area contributed by atoms with Crippen molar-refractivity contribution in [2.24, 2.45) is 17.8 Å². The van der Waals surface area contributed by atoms with Crippen LogP contribution in [0.4, 0.5) is 11.4 Å². The lowest BCUT2D eigenvalue weighted by atomic mass is 9.77. The number of methoxy groups -OCH3 is 1. The molecule has 0 spiro atoms. The molecule has 19 heteroatoms. The number of cyclic esters (lactones) is 1. The molecule has 4 aromatic rings. The van der Waals surface area contributed by atoms with Gasteiger partial charge in [-0.05, 0) is 124 Å². The number of nitrogens with zero attached hydrogens (tertiary/aromatic N) is 3. The molecule has 8 rings (SSSR count). The number of aliphatic hydroxyl groups excluding tert-OH is 3. The monoisotopic (exact) mass is 1170 g/mol. The van der Waals surface area contributed by atoms with Crippen LogP contribution in [0, 0.1) is 17.8 Å². The first-order chi connectivity index (χ1) is 39.2. The van der Waals surface area contributed by atoms with Crippen molar-refractivity contribution in [3.63, 3.8) is 0 Å². The summed E-state index contributed by atoms with van der Waals surface area (Å²) >= 11 is 1.36. The Morgan fingerprint density at radius 3 is 2.12 bits per heavy atom. The van der Waals surface area contributed by atoms with Gasteiger partial charge in [-0.2, -0.15) is 0 Å². The van der Waals surface area contributed by atoms with Crippen molar-refractivity contribution in [2.75, 3.05) is 45.7 Å². The Kier molecular flexibility index (Phi) is 20.5. The van der Waals surface area contributed by atoms with E-state index in [4.69, 9.17) is 28.4 Å². The fraction of sp³-hybridized carbons (Fsp3) is 0.609. The summed E-state index contributed by atoms with van der Waals surface area (Å²) in [6.45, 7) is 18.4. The zero-order chi connectivity index (χ0) is 60.5. The molecular formula is C64H90N4O14S. The van der Waals surface area contributed by atoms with E-state index in [1.807, 2.05) is 117 Å². The smallest absolute Gasteiger partial charge is 0.311 e. The van der Waals surface area contributed by atoms with Gasteiger partial charge in [0.2, 0.25) is 0 Å². The molecule has 1 aromatic heterocycles. The van der Waals surface area contributed by atoms with Crippen LogP contribution in [-0.4, -0.2) is 184 Å². The number of anilines is 2. The molecule has 0 saturated carbocycles. The number of hydrogen-bond acceptors (Lipinski definition) is 17. The molecule has 18 nitrogen and oxygen atoms in total. The van der Waals surface area contributed by atoms with E-state index in [0.717, 1.165) is 21.6 Å². The second-order valence-corrected chi connectivity index (χ2v) is 25.8. The van der Waals surface area contributed by atoms with E-state index < -0.39 is 96.0 Å². The highest BCUT2D eigenvalue weighted by molar-refractivity contribution is 7.18. The Hall–Kier alpha value is -4.71. The fourth-order valence-corrected chi connectivity index (χ4v) is 14.3. The summed E-state index contributed by atoms with van der Waals surface area (Å²) in [4.78, 5) is 50.4. The van der Waals surface area contributed by atoms with E-state index in [1.54, 1.807) is 58.6 Å². The predicted molar refractivity (Wildman–Crippen MR) is 318 cm³/mol. The van der Waals surface area contributed by atoms with Crippen molar-refractivity contribution in [3.8, 4) is 21.6 Å². The second kappa shape index (κ2) is 26.5. The van der Waals surface area contributed by atoms with E-state index >= 15 is 0 Å². The number of nitrogens with one attached hydrogen (secondary N) is 1. The lowest BCUT2D eigenvalue weighted by Crippen LogP contribution is -2.60. The number of rotatable bonds is 13. The highest BCUT2D eigenvalue weighted by Gasteiger charge is 2.53. The van der Waals surface area contributed by atoms with Gasteiger partial charge in [-0.25, -0.2) is 0 Å². The van der Waals surface area contributed by atoms with Crippen molar-refractivity contribution in [3.05, 3.63) is 95.4 Å². The summed E-state index contributed by atoms with van der Waals surface area (Å²) in [6, 6.07) is 25.4. The van der Waals surface area contributed by atoms with Crippen molar-refractivity contribution in [2.45, 2.75) is 192 Å². The quantitative estimate of drug-likeness (QED) is 0.0555. The maximum atomic E-state index is 14.7. The fourth-order valence-electron chi connectivity index (χ4n) is 13.2. The number of thiophene rings is 1. The van der Waals surface area contributed by atoms with Gasteiger partial charge in [0.15, 0.2) is 12.6 Å². The topological polar surface area (TPSA) is 229 Å². The zero-order valence-corrected chi connectivity index (χ0v) is 51.4. The molecular weight excluding hydrogens is 1080 g/mol. The highest BCUT2D eigenvalue weighted by atomic mass is 32.1. The molecule has 3 aromatic carbocycles. The number of aliphatic hydroxyl groups is 5. The van der Waals surface area contributed by atoms with Crippen LogP contribution >= 0.6 is 11.3 Å². The molecule has 0 aliphatic carbocycles. The Bertz CT molecular complexity index is 2790. The number of fused-ring (bicyclic) bond motifs is 5. The van der Waals surface area contributed by atoms with Crippen molar-refractivity contribution >= 4 is 40.5 Å². The number of hydrogen-bond donors (Lipinski definition) is 6. The van der Waals surface area contributed by atoms with Crippen LogP contribution in [0.25, 0.3) is 21.6 Å². The van der Waals surface area contributed by atoms with E-state index in [9.17, 15) is 39.9 Å². The lowest BCUT2D eigenvalue weighted by molar-refractivity contribution is -0.318. The van der Waals surface area contributed by atoms with Crippen LogP contribution < -0.4 is 10.2 Å². The zero-order valence-electron chi connectivity index (χ0n) is 50.6. The van der Waals surface area contributed by atoms with Crippen molar-refractivity contribution < 1.29 is 68.3 Å². The molecule has 5 heterocycles. The minimum Gasteiger partial charge on any atom is -0.459 e. The molecule has 4 aliphatic rings. The van der Waals surface area contributed by atoms with E-state index in [1.165, 1.54) is 25.4 Å². The first kappa shape index (κ1) is 64.3. The number of likely N-dealkylation sites (N-methyl/N-ethyl adjacent to an activating group) is 1. The largest absolute Gasteiger partial charge is 0.459 e. The van der Waals surface area contributed by atoms with E-state index in [-0.39, 0.29) is 55.7 Å². The van der Waals surface area contributed by atoms with Gasteiger partial charge in [-0.3, -0.25) is 24.2 Å². The van der Waals surface area contributed by atoms with Crippen molar-refractivity contribution in [1.82, 2.24) is 15.1 Å². The number of amides is 2. The third kappa shape index (κ3) is 13.6. The summed E-state index contributed by atoms with van der Waals surface area (Å²) in [5.41, 5.74) is -0.325. The summed E-state index contributed by atoms with van der Waals surface area (Å²) in [5.74, 6) is -3.44. The van der Waals surface area contributed by atoms with Gasteiger partial charge in [0.05, 0.1) is 57.8 Å². The van der Waals surface area contributed by atoms with Crippen LogP contribution in [0.1, 0.15) is 121 Å². The van der Waals surface area contributed by atoms with Gasteiger partial charge in [0.1, 0.15) is 30.0 Å². The summed E-state index contributed by atoms with van der Waals surface area (Å²) in [5, 5.41) is 64.0. The third-order valence-electron chi connectivity index (χ3n) is 17.9. The standard InChI is InChI=1S/C64H90N4O14S/c1-14-50-64(10,76)55(70)40(6)67(30-22-29-65-58(72)49-32-45-43-25-18-20-27-46(43)68(59(73)42-23-16-15-17-24-42)47-28-21-19-26-44(47)54(45)83-49)35-36(2)33-62(8,75)57(82-61-52(69)48(66(11)12)31-37(3)78-61)38(4)53(39(5)60(74)80-50)81-51-34-63(9,77-13)56(71)41(7)79-51/h15-21,23-28,32,36-41,48,50-53,55-57,61,69-71,75-76H,14,22,29-31,33-35H2,1-13H3,(H,65,72)/t36-,37-,38+,39-,40-,41-,48+,50-,51-,52-,53+,55-,56+,57-,61+,62-,63-,64-/m1/s1. The van der Waals surface area contributed by atoms with Gasteiger partial charge in [-0.1, -0.05) is 75.4 Å². The SMILES string of the molecule is CC[C@H]1OC(=O)[C@H](C)[C@@H](O[C@@H]2C[C@@](C)(OC)[C@@H](O)[C@@H](C)O2)[C@H](C)[C@@H](O[C@@H]2O[C@H](C)C[C@H](N(C)C)[C@H]2O)[C@](C)(O)C[C@@H](C)CN(CCCNC(=O)c2cc3c(s2)-c2ccccc2N(C(=O)c2ccccc2)c2ccccc2-3)[C@H](C)[C@@H](O)[C@]1(C)O. The molecule has 0 unspecified atom stereocenters. The molecule has 83 heavy (non-hydrogen) atoms. The summed E-state index contributed by atoms with van der Waals surface area (Å²) < 4.78 is 38.4. The number of carbonyl (C=O) groups is 3. The molecule has 0 radical (unpaired) electrons. The molecule has 6 N–H and O–H groups in total. The highest BCUT2D eigenvalue weighted by Crippen LogP contribution is 2.51. The Labute approximate surface area is 494 Å². The molecule has 18 atom stereocenters. The molecule has 3 fully saturated rings. The second-order valence-electron chi connectivity index (χ2n) is 24.7. The Morgan fingerprint density at radius 2 is 1.47 bits per heavy atom. The molecule has 3 saturated heterocycles. The van der Waals surface area contributed by atoms with Crippen LogP contribution in [-0.2, 0) is 33.2 Å². The molecule has 456 valence electrons. The van der Waals surface area contributed by atoms with Crippen LogP contribution in [0.5, 0.6) is 0 Å².